The fourth-order valence-electron chi connectivity index (χ4n) is 3.56. The third-order valence-corrected chi connectivity index (χ3v) is 5.38. The summed E-state index contributed by atoms with van der Waals surface area (Å²) < 4.78 is 5.32. The molecule has 6 nitrogen and oxygen atoms in total. The van der Waals surface area contributed by atoms with E-state index >= 15 is 0 Å². The van der Waals surface area contributed by atoms with E-state index in [1.54, 1.807) is 0 Å². The molecule has 0 aromatic heterocycles. The van der Waals surface area contributed by atoms with E-state index in [-0.39, 0.29) is 19.6 Å². The van der Waals surface area contributed by atoms with E-state index in [0.717, 1.165) is 24.1 Å². The Bertz CT molecular complexity index is 674. The van der Waals surface area contributed by atoms with Crippen LogP contribution in [0.15, 0.2) is 36.4 Å². The van der Waals surface area contributed by atoms with Gasteiger partial charge in [-0.05, 0) is 37.3 Å². The largest absolute Gasteiger partial charge is 0.481 e. The standard InChI is InChI=1S/C26H41NO5/c1-2-3-4-5-6-7-8-9-10-11-15-23(21-25(29)30)26(31)32-20-18-27-24-16-13-12-14-22(24)17-19-28/h10-14,16,23,27-28H,2-9,15,17-21H2,1H3,(H,29,30). The number of benzene rings is 1. The molecule has 1 aromatic carbocycles. The van der Waals surface area contributed by atoms with Crippen LogP contribution < -0.4 is 5.32 Å². The highest BCUT2D eigenvalue weighted by Gasteiger charge is 2.22. The minimum Gasteiger partial charge on any atom is -0.481 e. The van der Waals surface area contributed by atoms with Crippen molar-refractivity contribution in [3.63, 3.8) is 0 Å². The molecule has 0 radical (unpaired) electrons. The minimum absolute atomic E-state index is 0.0665. The van der Waals surface area contributed by atoms with E-state index in [9.17, 15) is 9.59 Å². The van der Waals surface area contributed by atoms with Crippen LogP contribution in [-0.4, -0.2) is 41.9 Å². The number of carbonyl (C=O) groups excluding carboxylic acids is 1. The molecule has 0 spiro atoms. The summed E-state index contributed by atoms with van der Waals surface area (Å²) >= 11 is 0. The predicted octanol–water partition coefficient (Wildman–Crippen LogP) is 5.35. The maximum absolute atomic E-state index is 12.4. The Hall–Kier alpha value is -2.34. The van der Waals surface area contributed by atoms with E-state index in [1.807, 2.05) is 36.4 Å². The lowest BCUT2D eigenvalue weighted by Gasteiger charge is -2.14. The van der Waals surface area contributed by atoms with Crippen molar-refractivity contribution in [2.75, 3.05) is 25.1 Å². The van der Waals surface area contributed by atoms with Gasteiger partial charge in [0.15, 0.2) is 0 Å². The summed E-state index contributed by atoms with van der Waals surface area (Å²) in [5, 5.41) is 21.5. The van der Waals surface area contributed by atoms with Crippen LogP contribution in [0.2, 0.25) is 0 Å². The summed E-state index contributed by atoms with van der Waals surface area (Å²) in [6.45, 7) is 2.86. The molecule has 0 heterocycles. The first-order chi connectivity index (χ1) is 15.6. The summed E-state index contributed by atoms with van der Waals surface area (Å²) in [5.74, 6) is -2.14. The van der Waals surface area contributed by atoms with E-state index in [0.29, 0.717) is 19.4 Å². The van der Waals surface area contributed by atoms with Gasteiger partial charge in [-0.2, -0.15) is 0 Å². The van der Waals surface area contributed by atoms with Gasteiger partial charge in [0.2, 0.25) is 0 Å². The van der Waals surface area contributed by atoms with Crippen LogP contribution in [0.3, 0.4) is 0 Å². The molecule has 0 saturated carbocycles. The number of hydrogen-bond acceptors (Lipinski definition) is 5. The van der Waals surface area contributed by atoms with Crippen molar-refractivity contribution in [3.05, 3.63) is 42.0 Å². The van der Waals surface area contributed by atoms with Gasteiger partial charge >= 0.3 is 11.9 Å². The monoisotopic (exact) mass is 447 g/mol. The highest BCUT2D eigenvalue weighted by molar-refractivity contribution is 5.79. The number of aliphatic hydroxyl groups is 1. The average molecular weight is 448 g/mol. The zero-order valence-corrected chi connectivity index (χ0v) is 19.6. The lowest BCUT2D eigenvalue weighted by molar-refractivity contribution is -0.152. The molecule has 32 heavy (non-hydrogen) atoms. The number of rotatable bonds is 19. The number of carboxylic acid groups (broad SMARTS) is 1. The molecule has 0 aliphatic carbocycles. The topological polar surface area (TPSA) is 95.9 Å². The fraction of sp³-hybridized carbons (Fsp3) is 0.615. The number of anilines is 1. The Morgan fingerprint density at radius 3 is 2.50 bits per heavy atom. The molecule has 1 atom stereocenters. The number of hydrogen-bond donors (Lipinski definition) is 3. The van der Waals surface area contributed by atoms with Gasteiger partial charge in [-0.25, -0.2) is 0 Å². The minimum atomic E-state index is -0.997. The van der Waals surface area contributed by atoms with Gasteiger partial charge in [0.25, 0.3) is 0 Å². The molecule has 1 unspecified atom stereocenters. The Morgan fingerprint density at radius 1 is 1.06 bits per heavy atom. The summed E-state index contributed by atoms with van der Waals surface area (Å²) in [4.78, 5) is 23.5. The number of unbranched alkanes of at least 4 members (excludes halogenated alkanes) is 7. The molecule has 0 fully saturated rings. The molecule has 1 aromatic rings. The van der Waals surface area contributed by atoms with Crippen LogP contribution in [0.1, 0.15) is 76.7 Å². The van der Waals surface area contributed by atoms with Crippen molar-refractivity contribution in [3.8, 4) is 0 Å². The highest BCUT2D eigenvalue weighted by atomic mass is 16.5. The van der Waals surface area contributed by atoms with E-state index in [4.69, 9.17) is 14.9 Å². The van der Waals surface area contributed by atoms with Crippen molar-refractivity contribution < 1.29 is 24.5 Å². The number of para-hydroxylation sites is 1. The quantitative estimate of drug-likeness (QED) is 0.150. The lowest BCUT2D eigenvalue weighted by atomic mass is 10.0. The zero-order chi connectivity index (χ0) is 23.4. The van der Waals surface area contributed by atoms with Crippen molar-refractivity contribution in [1.29, 1.82) is 0 Å². The maximum atomic E-state index is 12.4. The molecule has 1 rings (SSSR count). The molecule has 180 valence electrons. The summed E-state index contributed by atoms with van der Waals surface area (Å²) in [6.07, 6.45) is 14.4. The molecule has 0 amide bonds. The molecule has 6 heteroatoms. The van der Waals surface area contributed by atoms with Gasteiger partial charge in [0.1, 0.15) is 6.61 Å². The summed E-state index contributed by atoms with van der Waals surface area (Å²) in [5.41, 5.74) is 1.89. The Labute approximate surface area is 193 Å². The number of carbonyl (C=O) groups is 2. The Kier molecular flexibility index (Phi) is 15.8. The van der Waals surface area contributed by atoms with Gasteiger partial charge in [-0.1, -0.05) is 75.8 Å². The van der Waals surface area contributed by atoms with Gasteiger partial charge in [-0.15, -0.1) is 0 Å². The number of aliphatic carboxylic acids is 1. The fourth-order valence-corrected chi connectivity index (χ4v) is 3.56. The van der Waals surface area contributed by atoms with Crippen LogP contribution >= 0.6 is 0 Å². The van der Waals surface area contributed by atoms with E-state index in [1.165, 1.54) is 38.5 Å². The van der Waals surface area contributed by atoms with E-state index in [2.05, 4.69) is 12.2 Å². The van der Waals surface area contributed by atoms with Gasteiger partial charge < -0.3 is 20.3 Å². The number of nitrogens with one attached hydrogen (secondary N) is 1. The normalized spacial score (nSPS) is 12.1. The second kappa shape index (κ2) is 18.3. The lowest BCUT2D eigenvalue weighted by Crippen LogP contribution is -2.23. The molecule has 3 N–H and O–H groups in total. The zero-order valence-electron chi connectivity index (χ0n) is 19.6. The highest BCUT2D eigenvalue weighted by Crippen LogP contribution is 2.16. The third kappa shape index (κ3) is 13.2. The SMILES string of the molecule is CCCCCCCCCC=CCC(CC(=O)O)C(=O)OCCNc1ccccc1CCO. The predicted molar refractivity (Wildman–Crippen MR) is 129 cm³/mol. The molecule has 0 bridgehead atoms. The van der Waals surface area contributed by atoms with Crippen molar-refractivity contribution in [2.24, 2.45) is 5.92 Å². The number of carboxylic acids is 1. The number of ether oxygens (including phenoxy) is 1. The Balaban J connectivity index is 2.31. The molecule has 0 aliphatic rings. The van der Waals surface area contributed by atoms with Crippen LogP contribution in [0.4, 0.5) is 5.69 Å². The average Bonchev–Trinajstić information content (AvgIpc) is 2.78. The first-order valence-electron chi connectivity index (χ1n) is 12.0. The maximum Gasteiger partial charge on any atom is 0.309 e. The van der Waals surface area contributed by atoms with Crippen molar-refractivity contribution in [1.82, 2.24) is 0 Å². The van der Waals surface area contributed by atoms with Crippen molar-refractivity contribution >= 4 is 17.6 Å². The van der Waals surface area contributed by atoms with Gasteiger partial charge in [0.05, 0.1) is 12.3 Å². The number of aliphatic hydroxyl groups excluding tert-OH is 1. The van der Waals surface area contributed by atoms with Gasteiger partial charge in [-0.3, -0.25) is 9.59 Å². The molecule has 0 saturated heterocycles. The van der Waals surface area contributed by atoms with Crippen LogP contribution in [0.5, 0.6) is 0 Å². The molecular weight excluding hydrogens is 406 g/mol. The van der Waals surface area contributed by atoms with Crippen LogP contribution in [0.25, 0.3) is 0 Å². The first-order valence-corrected chi connectivity index (χ1v) is 12.0. The number of allylic oxidation sites excluding steroid dienone is 2. The van der Waals surface area contributed by atoms with E-state index < -0.39 is 17.9 Å². The van der Waals surface area contributed by atoms with Crippen LogP contribution in [-0.2, 0) is 20.7 Å². The second-order valence-electron chi connectivity index (χ2n) is 8.14. The molecular formula is C26H41NO5. The third-order valence-electron chi connectivity index (χ3n) is 5.38. The summed E-state index contributed by atoms with van der Waals surface area (Å²) in [7, 11) is 0. The number of esters is 1. The first kappa shape index (κ1) is 27.7. The van der Waals surface area contributed by atoms with Crippen molar-refractivity contribution in [2.45, 2.75) is 77.6 Å². The summed E-state index contributed by atoms with van der Waals surface area (Å²) in [6, 6.07) is 7.66. The Morgan fingerprint density at radius 2 is 1.78 bits per heavy atom. The van der Waals surface area contributed by atoms with Gasteiger partial charge in [0, 0.05) is 18.8 Å². The molecule has 0 aliphatic heterocycles. The second-order valence-corrected chi connectivity index (χ2v) is 8.14. The smallest absolute Gasteiger partial charge is 0.309 e. The van der Waals surface area contributed by atoms with Crippen LogP contribution in [0, 0.1) is 5.92 Å².